The van der Waals surface area contributed by atoms with Crippen molar-refractivity contribution < 1.29 is 14.7 Å². The van der Waals surface area contributed by atoms with Gasteiger partial charge in [0.25, 0.3) is 0 Å². The first-order valence-corrected chi connectivity index (χ1v) is 6.66. The summed E-state index contributed by atoms with van der Waals surface area (Å²) in [4.78, 5) is 27.0. The largest absolute Gasteiger partial charge is 0.481 e. The van der Waals surface area contributed by atoms with Crippen LogP contribution in [0, 0.1) is 5.41 Å². The smallest absolute Gasteiger partial charge is 0.310 e. The maximum atomic E-state index is 12.1. The summed E-state index contributed by atoms with van der Waals surface area (Å²) in [7, 11) is 0. The van der Waals surface area contributed by atoms with Crippen LogP contribution in [-0.4, -0.2) is 59.5 Å². The maximum Gasteiger partial charge on any atom is 0.310 e. The van der Waals surface area contributed by atoms with Crippen molar-refractivity contribution in [3.63, 3.8) is 0 Å². The van der Waals surface area contributed by atoms with Crippen LogP contribution in [0.1, 0.15) is 27.2 Å². The van der Waals surface area contributed by atoms with E-state index in [1.54, 1.807) is 11.8 Å². The highest BCUT2D eigenvalue weighted by Gasteiger charge is 2.40. The van der Waals surface area contributed by atoms with Gasteiger partial charge in [-0.2, -0.15) is 0 Å². The topological polar surface area (TPSA) is 60.9 Å². The van der Waals surface area contributed by atoms with Gasteiger partial charge in [0.05, 0.1) is 12.0 Å². The molecule has 0 aromatic rings. The lowest BCUT2D eigenvalue weighted by molar-refractivity contribution is -0.147. The van der Waals surface area contributed by atoms with E-state index in [1.807, 2.05) is 18.7 Å². The van der Waals surface area contributed by atoms with Crippen LogP contribution in [0.15, 0.2) is 12.2 Å². The molecule has 5 heteroatoms. The predicted molar refractivity (Wildman–Crippen MR) is 73.9 cm³/mol. The Hall–Kier alpha value is -1.36. The highest BCUT2D eigenvalue weighted by molar-refractivity contribution is 5.79. The number of likely N-dealkylation sites (tertiary alicyclic amines) is 1. The highest BCUT2D eigenvalue weighted by Crippen LogP contribution is 2.29. The average molecular weight is 268 g/mol. The van der Waals surface area contributed by atoms with E-state index in [0.717, 1.165) is 5.57 Å². The fourth-order valence-electron chi connectivity index (χ4n) is 2.36. The first kappa shape index (κ1) is 15.7. The van der Waals surface area contributed by atoms with Crippen molar-refractivity contribution in [3.05, 3.63) is 12.2 Å². The number of carboxylic acid groups (broad SMARTS) is 1. The van der Waals surface area contributed by atoms with Crippen LogP contribution in [0.5, 0.6) is 0 Å². The number of aliphatic carboxylic acids is 1. The van der Waals surface area contributed by atoms with Crippen molar-refractivity contribution >= 4 is 11.9 Å². The zero-order valence-electron chi connectivity index (χ0n) is 12.1. The Balaban J connectivity index is 2.54. The number of carbonyl (C=O) groups excluding carboxylic acids is 1. The molecule has 1 rings (SSSR count). The molecule has 0 aromatic heterocycles. The Morgan fingerprint density at radius 3 is 2.53 bits per heavy atom. The van der Waals surface area contributed by atoms with E-state index in [0.29, 0.717) is 39.1 Å². The quantitative estimate of drug-likeness (QED) is 0.736. The molecular formula is C14H24N2O3. The third-order valence-electron chi connectivity index (χ3n) is 3.62. The first-order chi connectivity index (χ1) is 8.78. The number of rotatable bonds is 6. The van der Waals surface area contributed by atoms with E-state index in [2.05, 4.69) is 6.58 Å². The van der Waals surface area contributed by atoms with Gasteiger partial charge in [-0.3, -0.25) is 14.5 Å². The maximum absolute atomic E-state index is 12.1. The number of hydrogen-bond donors (Lipinski definition) is 1. The van der Waals surface area contributed by atoms with Crippen LogP contribution in [0.2, 0.25) is 0 Å². The Labute approximate surface area is 114 Å². The van der Waals surface area contributed by atoms with E-state index in [1.165, 1.54) is 0 Å². The minimum Gasteiger partial charge on any atom is -0.481 e. The molecule has 1 amide bonds. The van der Waals surface area contributed by atoms with Gasteiger partial charge >= 0.3 is 5.97 Å². The lowest BCUT2D eigenvalue weighted by Crippen LogP contribution is -2.41. The molecule has 1 aliphatic heterocycles. The van der Waals surface area contributed by atoms with Gasteiger partial charge in [0, 0.05) is 19.6 Å². The fourth-order valence-corrected chi connectivity index (χ4v) is 2.36. The van der Waals surface area contributed by atoms with Gasteiger partial charge in [-0.05, 0) is 33.7 Å². The van der Waals surface area contributed by atoms with Gasteiger partial charge in [0.1, 0.15) is 0 Å². The first-order valence-electron chi connectivity index (χ1n) is 6.66. The van der Waals surface area contributed by atoms with Gasteiger partial charge < -0.3 is 10.0 Å². The van der Waals surface area contributed by atoms with Crippen molar-refractivity contribution in [1.29, 1.82) is 0 Å². The number of amides is 1. The summed E-state index contributed by atoms with van der Waals surface area (Å²) in [6, 6.07) is 0. The van der Waals surface area contributed by atoms with E-state index >= 15 is 0 Å². The van der Waals surface area contributed by atoms with Gasteiger partial charge in [-0.25, -0.2) is 0 Å². The van der Waals surface area contributed by atoms with Crippen molar-refractivity contribution in [3.8, 4) is 0 Å². The van der Waals surface area contributed by atoms with Crippen LogP contribution in [0.25, 0.3) is 0 Å². The van der Waals surface area contributed by atoms with E-state index in [4.69, 9.17) is 5.11 Å². The standard InChI is InChI=1S/C14H24N2O3/c1-5-16(8-11(2)3)12(17)9-15-7-6-14(4,10-15)13(18)19/h2,5-10H2,1,3-4H3,(H,18,19). The summed E-state index contributed by atoms with van der Waals surface area (Å²) in [5.74, 6) is -0.739. The summed E-state index contributed by atoms with van der Waals surface area (Å²) in [6.07, 6.45) is 0.599. The Morgan fingerprint density at radius 2 is 2.11 bits per heavy atom. The Morgan fingerprint density at radius 1 is 1.47 bits per heavy atom. The number of nitrogens with zero attached hydrogens (tertiary/aromatic N) is 2. The number of likely N-dealkylation sites (N-methyl/N-ethyl adjacent to an activating group) is 1. The van der Waals surface area contributed by atoms with Crippen LogP contribution < -0.4 is 0 Å². The van der Waals surface area contributed by atoms with Crippen LogP contribution in [0.4, 0.5) is 0 Å². The number of carboxylic acids is 1. The highest BCUT2D eigenvalue weighted by atomic mass is 16.4. The molecular weight excluding hydrogens is 244 g/mol. The molecule has 1 aliphatic rings. The summed E-state index contributed by atoms with van der Waals surface area (Å²) in [5.41, 5.74) is 0.234. The molecule has 0 bridgehead atoms. The fraction of sp³-hybridized carbons (Fsp3) is 0.714. The molecule has 0 aliphatic carbocycles. The minimum absolute atomic E-state index is 0.0418. The molecule has 1 unspecified atom stereocenters. The summed E-state index contributed by atoms with van der Waals surface area (Å²) < 4.78 is 0. The molecule has 0 aromatic carbocycles. The van der Waals surface area contributed by atoms with Crippen LogP contribution in [0.3, 0.4) is 0 Å². The normalized spacial score (nSPS) is 23.3. The lowest BCUT2D eigenvalue weighted by atomic mass is 9.90. The van der Waals surface area contributed by atoms with E-state index in [9.17, 15) is 9.59 Å². The van der Waals surface area contributed by atoms with E-state index in [-0.39, 0.29) is 5.91 Å². The second-order valence-electron chi connectivity index (χ2n) is 5.69. The molecule has 0 saturated carbocycles. The molecule has 1 saturated heterocycles. The van der Waals surface area contributed by atoms with Gasteiger partial charge in [-0.1, -0.05) is 12.2 Å². The molecule has 5 nitrogen and oxygen atoms in total. The van der Waals surface area contributed by atoms with Crippen molar-refractivity contribution in [1.82, 2.24) is 9.80 Å². The van der Waals surface area contributed by atoms with E-state index < -0.39 is 11.4 Å². The third-order valence-corrected chi connectivity index (χ3v) is 3.62. The molecule has 1 heterocycles. The molecule has 0 radical (unpaired) electrons. The minimum atomic E-state index is -0.781. The molecule has 1 fully saturated rings. The van der Waals surface area contributed by atoms with Crippen molar-refractivity contribution in [2.45, 2.75) is 27.2 Å². The summed E-state index contributed by atoms with van der Waals surface area (Å²) >= 11 is 0. The van der Waals surface area contributed by atoms with Crippen molar-refractivity contribution in [2.24, 2.45) is 5.41 Å². The molecule has 108 valence electrons. The Kier molecular flexibility index (Phi) is 5.11. The zero-order chi connectivity index (χ0) is 14.6. The second kappa shape index (κ2) is 6.19. The lowest BCUT2D eigenvalue weighted by Gasteiger charge is -2.25. The Bertz CT molecular complexity index is 381. The SMILES string of the molecule is C=C(C)CN(CC)C(=O)CN1CCC(C)(C(=O)O)C1. The molecule has 19 heavy (non-hydrogen) atoms. The summed E-state index contributed by atoms with van der Waals surface area (Å²) in [6.45, 7) is 12.0. The summed E-state index contributed by atoms with van der Waals surface area (Å²) in [5, 5.41) is 9.17. The average Bonchev–Trinajstić information content (AvgIpc) is 2.68. The van der Waals surface area contributed by atoms with Gasteiger partial charge in [0.15, 0.2) is 0 Å². The molecule has 1 atom stereocenters. The van der Waals surface area contributed by atoms with Crippen LogP contribution >= 0.6 is 0 Å². The molecule has 0 spiro atoms. The van der Waals surface area contributed by atoms with Gasteiger partial charge in [-0.15, -0.1) is 0 Å². The third kappa shape index (κ3) is 4.06. The van der Waals surface area contributed by atoms with Crippen LogP contribution in [-0.2, 0) is 9.59 Å². The van der Waals surface area contributed by atoms with Crippen molar-refractivity contribution in [2.75, 3.05) is 32.7 Å². The number of hydrogen-bond acceptors (Lipinski definition) is 3. The monoisotopic (exact) mass is 268 g/mol. The predicted octanol–water partition coefficient (Wildman–Crippen LogP) is 1.21. The number of carbonyl (C=O) groups is 2. The molecule has 1 N–H and O–H groups in total. The zero-order valence-corrected chi connectivity index (χ0v) is 12.1. The second-order valence-corrected chi connectivity index (χ2v) is 5.69. The van der Waals surface area contributed by atoms with Gasteiger partial charge in [0.2, 0.25) is 5.91 Å².